The smallest absolute Gasteiger partial charge is 0.189 e. The van der Waals surface area contributed by atoms with Crippen LogP contribution in [0, 0.1) is 11.8 Å². The topological polar surface area (TPSA) is 52.5 Å². The summed E-state index contributed by atoms with van der Waals surface area (Å²) < 4.78 is 0. The number of aliphatic hydroxyl groups is 1. The van der Waals surface area contributed by atoms with Gasteiger partial charge in [-0.05, 0) is 62.9 Å². The van der Waals surface area contributed by atoms with Crippen molar-refractivity contribution in [3.63, 3.8) is 0 Å². The Morgan fingerprint density at radius 3 is 2.65 bits per heavy atom. The second kappa shape index (κ2) is 6.57. The first kappa shape index (κ1) is 15.7. The average Bonchev–Trinajstić information content (AvgIpc) is 3.23. The van der Waals surface area contributed by atoms with Crippen LogP contribution in [0.1, 0.15) is 25.7 Å². The van der Waals surface area contributed by atoms with Crippen LogP contribution in [0.15, 0.2) is 17.4 Å². The summed E-state index contributed by atoms with van der Waals surface area (Å²) >= 11 is 1.59. The van der Waals surface area contributed by atoms with Gasteiger partial charge in [0.2, 0.25) is 0 Å². The SMILES string of the molecule is CSc1nccc(N2C[C@H]3C[C@@H](N4CCCC4)[C@H](O)C[C@H]3C2)n1. The van der Waals surface area contributed by atoms with Crippen LogP contribution in [-0.2, 0) is 0 Å². The van der Waals surface area contributed by atoms with Crippen LogP contribution in [0.25, 0.3) is 0 Å². The number of hydrogen-bond donors (Lipinski definition) is 1. The first-order chi connectivity index (χ1) is 11.2. The normalized spacial score (nSPS) is 34.8. The highest BCUT2D eigenvalue weighted by atomic mass is 32.2. The average molecular weight is 334 g/mol. The fraction of sp³-hybridized carbons (Fsp3) is 0.765. The second-order valence-corrected chi connectivity index (χ2v) is 7.95. The lowest BCUT2D eigenvalue weighted by Crippen LogP contribution is -2.48. The lowest BCUT2D eigenvalue weighted by atomic mass is 9.77. The van der Waals surface area contributed by atoms with Crippen molar-refractivity contribution in [1.29, 1.82) is 0 Å². The molecule has 3 fully saturated rings. The molecular weight excluding hydrogens is 308 g/mol. The van der Waals surface area contributed by atoms with Crippen molar-refractivity contribution in [2.24, 2.45) is 11.8 Å². The maximum absolute atomic E-state index is 10.6. The van der Waals surface area contributed by atoms with E-state index in [1.54, 1.807) is 11.8 Å². The third-order valence-electron chi connectivity index (χ3n) is 5.84. The number of aliphatic hydroxyl groups excluding tert-OH is 1. The highest BCUT2D eigenvalue weighted by Crippen LogP contribution is 2.40. The molecule has 0 radical (unpaired) electrons. The van der Waals surface area contributed by atoms with Crippen LogP contribution in [0.4, 0.5) is 5.82 Å². The van der Waals surface area contributed by atoms with E-state index < -0.39 is 0 Å². The predicted molar refractivity (Wildman–Crippen MR) is 92.8 cm³/mol. The van der Waals surface area contributed by atoms with Gasteiger partial charge in [-0.3, -0.25) is 4.90 Å². The van der Waals surface area contributed by atoms with Gasteiger partial charge >= 0.3 is 0 Å². The molecule has 2 aliphatic heterocycles. The van der Waals surface area contributed by atoms with Gasteiger partial charge in [-0.15, -0.1) is 0 Å². The van der Waals surface area contributed by atoms with E-state index in [-0.39, 0.29) is 6.10 Å². The first-order valence-corrected chi connectivity index (χ1v) is 10.0. The number of rotatable bonds is 3. The molecule has 0 bridgehead atoms. The van der Waals surface area contributed by atoms with Gasteiger partial charge < -0.3 is 10.0 Å². The van der Waals surface area contributed by atoms with Gasteiger partial charge in [-0.25, -0.2) is 9.97 Å². The summed E-state index contributed by atoms with van der Waals surface area (Å²) in [7, 11) is 0. The fourth-order valence-corrected chi connectivity index (χ4v) is 5.02. The molecule has 1 aliphatic carbocycles. The molecule has 4 rings (SSSR count). The maximum Gasteiger partial charge on any atom is 0.189 e. The number of fused-ring (bicyclic) bond motifs is 1. The number of likely N-dealkylation sites (tertiary alicyclic amines) is 1. The minimum absolute atomic E-state index is 0.151. The molecule has 1 aromatic heterocycles. The largest absolute Gasteiger partial charge is 0.391 e. The highest BCUT2D eigenvalue weighted by Gasteiger charge is 2.44. The van der Waals surface area contributed by atoms with E-state index in [1.807, 2.05) is 18.5 Å². The molecule has 2 saturated heterocycles. The van der Waals surface area contributed by atoms with E-state index in [0.717, 1.165) is 36.9 Å². The van der Waals surface area contributed by atoms with E-state index in [0.29, 0.717) is 17.9 Å². The van der Waals surface area contributed by atoms with Crippen molar-refractivity contribution < 1.29 is 5.11 Å². The molecule has 1 saturated carbocycles. The summed E-state index contributed by atoms with van der Waals surface area (Å²) in [5.74, 6) is 2.35. The van der Waals surface area contributed by atoms with E-state index >= 15 is 0 Å². The molecule has 126 valence electrons. The molecule has 1 aromatic rings. The number of hydrogen-bond acceptors (Lipinski definition) is 6. The Labute approximate surface area is 142 Å². The van der Waals surface area contributed by atoms with Gasteiger partial charge in [0.25, 0.3) is 0 Å². The molecule has 23 heavy (non-hydrogen) atoms. The van der Waals surface area contributed by atoms with Crippen LogP contribution >= 0.6 is 11.8 Å². The molecule has 0 amide bonds. The Kier molecular flexibility index (Phi) is 4.48. The molecule has 1 N–H and O–H groups in total. The molecule has 3 aliphatic rings. The van der Waals surface area contributed by atoms with Gasteiger partial charge in [0.1, 0.15) is 5.82 Å². The van der Waals surface area contributed by atoms with E-state index in [4.69, 9.17) is 0 Å². The number of thioether (sulfide) groups is 1. The maximum atomic E-state index is 10.6. The first-order valence-electron chi connectivity index (χ1n) is 8.78. The van der Waals surface area contributed by atoms with Crippen LogP contribution in [0.5, 0.6) is 0 Å². The standard InChI is InChI=1S/C17H26N4OS/c1-23-17-18-5-4-16(19-17)21-10-12-8-14(20-6-2-3-7-20)15(22)9-13(12)11-21/h4-5,12-15,22H,2-3,6-11H2,1H3/t12-,13+,14-,15-/m1/s1. The zero-order chi connectivity index (χ0) is 15.8. The molecule has 0 aromatic carbocycles. The Hall–Kier alpha value is -0.850. The van der Waals surface area contributed by atoms with Crippen LogP contribution < -0.4 is 4.90 Å². The van der Waals surface area contributed by atoms with Crippen LogP contribution in [0.2, 0.25) is 0 Å². The molecule has 6 heteroatoms. The van der Waals surface area contributed by atoms with Gasteiger partial charge in [0, 0.05) is 25.3 Å². The van der Waals surface area contributed by atoms with Gasteiger partial charge in [0.15, 0.2) is 5.16 Å². The third-order valence-corrected chi connectivity index (χ3v) is 6.41. The minimum Gasteiger partial charge on any atom is -0.391 e. The lowest BCUT2D eigenvalue weighted by Gasteiger charge is -2.40. The molecule has 5 nitrogen and oxygen atoms in total. The van der Waals surface area contributed by atoms with Gasteiger partial charge in [-0.1, -0.05) is 11.8 Å². The van der Waals surface area contributed by atoms with Crippen LogP contribution in [-0.4, -0.2) is 64.6 Å². The van der Waals surface area contributed by atoms with E-state index in [2.05, 4.69) is 19.8 Å². The zero-order valence-electron chi connectivity index (χ0n) is 13.8. The predicted octanol–water partition coefficient (Wildman–Crippen LogP) is 1.87. The number of anilines is 1. The zero-order valence-corrected chi connectivity index (χ0v) is 14.6. The molecular formula is C17H26N4OS. The molecule has 4 atom stereocenters. The van der Waals surface area contributed by atoms with Gasteiger partial charge in [-0.2, -0.15) is 0 Å². The molecule has 3 heterocycles. The summed E-state index contributed by atoms with van der Waals surface area (Å²) in [6.45, 7) is 4.45. The van der Waals surface area contributed by atoms with Crippen molar-refractivity contribution in [3.05, 3.63) is 12.3 Å². The third kappa shape index (κ3) is 3.08. The minimum atomic E-state index is -0.151. The highest BCUT2D eigenvalue weighted by molar-refractivity contribution is 7.98. The lowest BCUT2D eigenvalue weighted by molar-refractivity contribution is -0.000854. The van der Waals surface area contributed by atoms with E-state index in [9.17, 15) is 5.11 Å². The van der Waals surface area contributed by atoms with Crippen molar-refractivity contribution in [1.82, 2.24) is 14.9 Å². The summed E-state index contributed by atoms with van der Waals surface area (Å²) in [6, 6.07) is 2.40. The Balaban J connectivity index is 1.46. The fourth-order valence-electron chi connectivity index (χ4n) is 4.67. The van der Waals surface area contributed by atoms with Gasteiger partial charge in [0.05, 0.1) is 6.10 Å². The second-order valence-electron chi connectivity index (χ2n) is 7.18. The summed E-state index contributed by atoms with van der Waals surface area (Å²) in [6.07, 6.45) is 8.40. The molecule has 0 unspecified atom stereocenters. The number of aromatic nitrogens is 2. The quantitative estimate of drug-likeness (QED) is 0.673. The molecule has 0 spiro atoms. The summed E-state index contributed by atoms with van der Waals surface area (Å²) in [4.78, 5) is 13.9. The van der Waals surface area contributed by atoms with Crippen LogP contribution in [0.3, 0.4) is 0 Å². The monoisotopic (exact) mass is 334 g/mol. The van der Waals surface area contributed by atoms with E-state index in [1.165, 1.54) is 25.9 Å². The Morgan fingerprint density at radius 2 is 1.91 bits per heavy atom. The Bertz CT molecular complexity index is 551. The van der Waals surface area contributed by atoms with Crippen molar-refractivity contribution in [2.45, 2.75) is 43.0 Å². The van der Waals surface area contributed by atoms with Crippen molar-refractivity contribution in [2.75, 3.05) is 37.3 Å². The summed E-state index contributed by atoms with van der Waals surface area (Å²) in [5, 5.41) is 11.5. The van der Waals surface area contributed by atoms with Crippen molar-refractivity contribution >= 4 is 17.6 Å². The number of nitrogens with zero attached hydrogens (tertiary/aromatic N) is 4. The summed E-state index contributed by atoms with van der Waals surface area (Å²) in [5.41, 5.74) is 0. The van der Waals surface area contributed by atoms with Crippen molar-refractivity contribution in [3.8, 4) is 0 Å². The Morgan fingerprint density at radius 1 is 1.17 bits per heavy atom.